The van der Waals surface area contributed by atoms with Gasteiger partial charge in [-0.25, -0.2) is 0 Å². The molecule has 0 fully saturated rings. The molecule has 0 saturated heterocycles. The van der Waals surface area contributed by atoms with Gasteiger partial charge in [0.25, 0.3) is 0 Å². The molecule has 0 aliphatic carbocycles. The monoisotopic (exact) mass is 237 g/mol. The minimum atomic E-state index is 0. The molecule has 0 heterocycles. The zero-order chi connectivity index (χ0) is 11.6. The summed E-state index contributed by atoms with van der Waals surface area (Å²) in [4.78, 5) is 2.50. The molecule has 2 N–H and O–H groups in total. The number of hydrogen-bond donors (Lipinski definition) is 0. The predicted octanol–water partition coefficient (Wildman–Crippen LogP) is 2.92. The average Bonchev–Trinajstić information content (AvgIpc) is 2.35. The number of aryl methyl sites for hydroxylation is 1. The standard InChI is InChI=1S/C15H25N.H2O/c1-3-16(4-2)14-10-6-9-13-15-11-7-5-8-12-15;/h5,7-8,11-12H,3-4,6,9-10,13-14H2,1-2H3;1H2. The summed E-state index contributed by atoms with van der Waals surface area (Å²) in [5.41, 5.74) is 1.48. The molecule has 98 valence electrons. The van der Waals surface area contributed by atoms with Gasteiger partial charge in [0.05, 0.1) is 0 Å². The molecule has 1 aromatic carbocycles. The van der Waals surface area contributed by atoms with Gasteiger partial charge in [-0.05, 0) is 44.5 Å². The van der Waals surface area contributed by atoms with Crippen molar-refractivity contribution < 1.29 is 5.48 Å². The highest BCUT2D eigenvalue weighted by Gasteiger charge is 1.98. The number of nitrogens with zero attached hydrogens (tertiary/aromatic N) is 1. The van der Waals surface area contributed by atoms with Gasteiger partial charge in [-0.3, -0.25) is 0 Å². The molecular formula is C15H27NO. The number of hydrogen-bond acceptors (Lipinski definition) is 1. The van der Waals surface area contributed by atoms with Crippen molar-refractivity contribution in [2.45, 2.75) is 39.5 Å². The highest BCUT2D eigenvalue weighted by atomic mass is 16.0. The molecule has 0 radical (unpaired) electrons. The molecule has 0 atom stereocenters. The van der Waals surface area contributed by atoms with Gasteiger partial charge < -0.3 is 10.4 Å². The molecular weight excluding hydrogens is 210 g/mol. The van der Waals surface area contributed by atoms with Crippen molar-refractivity contribution in [2.75, 3.05) is 19.6 Å². The molecule has 0 spiro atoms. The number of unbranched alkanes of at least 4 members (excludes halogenated alkanes) is 2. The summed E-state index contributed by atoms with van der Waals surface area (Å²) in [5.74, 6) is 0. The molecule has 1 aromatic rings. The maximum atomic E-state index is 2.50. The van der Waals surface area contributed by atoms with Gasteiger partial charge in [-0.1, -0.05) is 50.6 Å². The zero-order valence-corrected chi connectivity index (χ0v) is 11.3. The van der Waals surface area contributed by atoms with E-state index in [4.69, 9.17) is 0 Å². The summed E-state index contributed by atoms with van der Waals surface area (Å²) in [5, 5.41) is 0. The van der Waals surface area contributed by atoms with E-state index in [9.17, 15) is 0 Å². The first-order valence-electron chi connectivity index (χ1n) is 6.63. The maximum Gasteiger partial charge on any atom is -0.00190 e. The number of benzene rings is 1. The van der Waals surface area contributed by atoms with E-state index >= 15 is 0 Å². The van der Waals surface area contributed by atoms with E-state index in [1.807, 2.05) is 0 Å². The quantitative estimate of drug-likeness (QED) is 0.640. The third kappa shape index (κ3) is 7.14. The molecule has 0 bridgehead atoms. The van der Waals surface area contributed by atoms with Crippen molar-refractivity contribution in [1.82, 2.24) is 4.90 Å². The second-order valence-electron chi connectivity index (χ2n) is 4.32. The van der Waals surface area contributed by atoms with Crippen LogP contribution in [0, 0.1) is 0 Å². The van der Waals surface area contributed by atoms with Crippen LogP contribution in [-0.2, 0) is 6.42 Å². The van der Waals surface area contributed by atoms with Crippen LogP contribution in [0.15, 0.2) is 30.3 Å². The van der Waals surface area contributed by atoms with Crippen molar-refractivity contribution in [3.05, 3.63) is 35.9 Å². The third-order valence-electron chi connectivity index (χ3n) is 3.18. The van der Waals surface area contributed by atoms with E-state index in [1.54, 1.807) is 0 Å². The van der Waals surface area contributed by atoms with Crippen LogP contribution in [0.25, 0.3) is 0 Å². The van der Waals surface area contributed by atoms with E-state index in [1.165, 1.54) is 50.9 Å². The molecule has 2 heteroatoms. The normalized spacial score (nSPS) is 10.3. The van der Waals surface area contributed by atoms with Crippen LogP contribution in [0.1, 0.15) is 38.7 Å². The van der Waals surface area contributed by atoms with Crippen molar-refractivity contribution in [2.24, 2.45) is 0 Å². The van der Waals surface area contributed by atoms with Crippen LogP contribution in [0.2, 0.25) is 0 Å². The van der Waals surface area contributed by atoms with Gasteiger partial charge in [0.15, 0.2) is 0 Å². The van der Waals surface area contributed by atoms with Gasteiger partial charge in [0.2, 0.25) is 0 Å². The Hall–Kier alpha value is -0.860. The van der Waals surface area contributed by atoms with Gasteiger partial charge >= 0.3 is 0 Å². The highest BCUT2D eigenvalue weighted by molar-refractivity contribution is 5.14. The Labute approximate surface area is 106 Å². The minimum Gasteiger partial charge on any atom is -0.412 e. The fourth-order valence-corrected chi connectivity index (χ4v) is 2.03. The molecule has 0 amide bonds. The van der Waals surface area contributed by atoms with Gasteiger partial charge in [-0.15, -0.1) is 0 Å². The fourth-order valence-electron chi connectivity index (χ4n) is 2.03. The van der Waals surface area contributed by atoms with Crippen molar-refractivity contribution in [1.29, 1.82) is 0 Å². The first-order valence-corrected chi connectivity index (χ1v) is 6.63. The van der Waals surface area contributed by atoms with Crippen molar-refractivity contribution >= 4 is 0 Å². The van der Waals surface area contributed by atoms with E-state index in [0.29, 0.717) is 0 Å². The smallest absolute Gasteiger partial charge is 0.00190 e. The van der Waals surface area contributed by atoms with Crippen LogP contribution in [0.3, 0.4) is 0 Å². The lowest BCUT2D eigenvalue weighted by molar-refractivity contribution is 0.296. The number of rotatable bonds is 8. The molecule has 0 aliphatic heterocycles. The van der Waals surface area contributed by atoms with E-state index < -0.39 is 0 Å². The SMILES string of the molecule is CCN(CC)CCCCCc1ccccc1.O. The van der Waals surface area contributed by atoms with Crippen LogP contribution >= 0.6 is 0 Å². The zero-order valence-electron chi connectivity index (χ0n) is 11.3. The Morgan fingerprint density at radius 2 is 1.53 bits per heavy atom. The molecule has 2 nitrogen and oxygen atoms in total. The Morgan fingerprint density at radius 3 is 2.12 bits per heavy atom. The summed E-state index contributed by atoms with van der Waals surface area (Å²) >= 11 is 0. The van der Waals surface area contributed by atoms with Gasteiger partial charge in [-0.2, -0.15) is 0 Å². The lowest BCUT2D eigenvalue weighted by atomic mass is 10.1. The lowest BCUT2D eigenvalue weighted by Gasteiger charge is -2.17. The van der Waals surface area contributed by atoms with E-state index in [2.05, 4.69) is 49.1 Å². The van der Waals surface area contributed by atoms with Crippen LogP contribution in [0.4, 0.5) is 0 Å². The Kier molecular flexibility index (Phi) is 9.78. The molecule has 0 saturated carbocycles. The van der Waals surface area contributed by atoms with Crippen molar-refractivity contribution in [3.8, 4) is 0 Å². The van der Waals surface area contributed by atoms with Crippen LogP contribution < -0.4 is 0 Å². The molecule has 0 unspecified atom stereocenters. The first kappa shape index (κ1) is 16.1. The van der Waals surface area contributed by atoms with Gasteiger partial charge in [0, 0.05) is 0 Å². The second kappa shape index (κ2) is 10.3. The van der Waals surface area contributed by atoms with Gasteiger partial charge in [0.1, 0.15) is 0 Å². The average molecular weight is 237 g/mol. The minimum absolute atomic E-state index is 0. The Balaban J connectivity index is 0.00000256. The predicted molar refractivity (Wildman–Crippen MR) is 75.4 cm³/mol. The summed E-state index contributed by atoms with van der Waals surface area (Å²) in [6.45, 7) is 8.13. The Morgan fingerprint density at radius 1 is 0.882 bits per heavy atom. The Bertz CT molecular complexity index is 257. The largest absolute Gasteiger partial charge is 0.412 e. The maximum absolute atomic E-state index is 2.50. The molecule has 17 heavy (non-hydrogen) atoms. The third-order valence-corrected chi connectivity index (χ3v) is 3.18. The summed E-state index contributed by atoms with van der Waals surface area (Å²) in [6.07, 6.45) is 5.25. The molecule has 0 aromatic heterocycles. The van der Waals surface area contributed by atoms with Crippen molar-refractivity contribution in [3.63, 3.8) is 0 Å². The summed E-state index contributed by atoms with van der Waals surface area (Å²) in [6, 6.07) is 10.8. The van der Waals surface area contributed by atoms with E-state index in [-0.39, 0.29) is 5.48 Å². The first-order chi connectivity index (χ1) is 7.86. The lowest BCUT2D eigenvalue weighted by Crippen LogP contribution is -2.23. The topological polar surface area (TPSA) is 34.7 Å². The molecule has 1 rings (SSSR count). The van der Waals surface area contributed by atoms with Crippen LogP contribution in [-0.4, -0.2) is 30.0 Å². The summed E-state index contributed by atoms with van der Waals surface area (Å²) < 4.78 is 0. The molecule has 0 aliphatic rings. The second-order valence-corrected chi connectivity index (χ2v) is 4.32. The fraction of sp³-hybridized carbons (Fsp3) is 0.600. The van der Waals surface area contributed by atoms with Crippen LogP contribution in [0.5, 0.6) is 0 Å². The van der Waals surface area contributed by atoms with E-state index in [0.717, 1.165) is 0 Å². The summed E-state index contributed by atoms with van der Waals surface area (Å²) in [7, 11) is 0. The highest BCUT2D eigenvalue weighted by Crippen LogP contribution is 2.06.